The molecule has 0 aliphatic carbocycles. The van der Waals surface area contributed by atoms with Crippen molar-refractivity contribution in [1.29, 1.82) is 0 Å². The van der Waals surface area contributed by atoms with Crippen LogP contribution in [-0.2, 0) is 6.54 Å². The highest BCUT2D eigenvalue weighted by Gasteiger charge is 2.18. The highest BCUT2D eigenvalue weighted by Crippen LogP contribution is 2.19. The van der Waals surface area contributed by atoms with Crippen molar-refractivity contribution in [2.75, 3.05) is 6.54 Å². The molecule has 1 aromatic rings. The smallest absolute Gasteiger partial charge is 0.271 e. The minimum absolute atomic E-state index is 0.149. The number of hydrogen-bond acceptors (Lipinski definition) is 2. The van der Waals surface area contributed by atoms with E-state index in [1.165, 1.54) is 0 Å². The second kappa shape index (κ2) is 5.16. The number of aromatic nitrogens is 2. The van der Waals surface area contributed by atoms with Crippen LogP contribution < -0.4 is 5.32 Å². The fourth-order valence-electron chi connectivity index (χ4n) is 1.33. The van der Waals surface area contributed by atoms with Crippen molar-refractivity contribution < 1.29 is 4.79 Å². The molecule has 0 aliphatic rings. The Labute approximate surface area is 94.6 Å². The van der Waals surface area contributed by atoms with Crippen LogP contribution in [0, 0.1) is 6.92 Å². The number of nitrogens with zero attached hydrogens (tertiary/aromatic N) is 2. The van der Waals surface area contributed by atoms with E-state index >= 15 is 0 Å². The maximum Gasteiger partial charge on any atom is 0.271 e. The van der Waals surface area contributed by atoms with E-state index in [1.54, 1.807) is 11.6 Å². The van der Waals surface area contributed by atoms with Gasteiger partial charge >= 0.3 is 0 Å². The van der Waals surface area contributed by atoms with Crippen LogP contribution >= 0.6 is 11.6 Å². The van der Waals surface area contributed by atoms with Gasteiger partial charge in [-0.1, -0.05) is 18.5 Å². The SMILES string of the molecule is CCCNC(=O)c1c(Cl)c(C)nn1CC. The Morgan fingerprint density at radius 1 is 1.53 bits per heavy atom. The molecule has 0 unspecified atom stereocenters. The lowest BCUT2D eigenvalue weighted by molar-refractivity contribution is 0.0943. The van der Waals surface area contributed by atoms with Gasteiger partial charge in [-0.2, -0.15) is 5.10 Å². The van der Waals surface area contributed by atoms with E-state index in [9.17, 15) is 4.79 Å². The molecule has 15 heavy (non-hydrogen) atoms. The van der Waals surface area contributed by atoms with Crippen molar-refractivity contribution in [2.24, 2.45) is 0 Å². The third kappa shape index (κ3) is 2.50. The number of carbonyl (C=O) groups is 1. The lowest BCUT2D eigenvalue weighted by atomic mass is 10.3. The zero-order chi connectivity index (χ0) is 11.4. The molecule has 1 aromatic heterocycles. The van der Waals surface area contributed by atoms with Crippen LogP contribution in [-0.4, -0.2) is 22.2 Å². The summed E-state index contributed by atoms with van der Waals surface area (Å²) in [5, 5.41) is 7.42. The lowest BCUT2D eigenvalue weighted by Crippen LogP contribution is -2.27. The van der Waals surface area contributed by atoms with Crippen molar-refractivity contribution in [3.63, 3.8) is 0 Å². The Morgan fingerprint density at radius 2 is 2.20 bits per heavy atom. The Balaban J connectivity index is 2.96. The lowest BCUT2D eigenvalue weighted by Gasteiger charge is -2.05. The van der Waals surface area contributed by atoms with Gasteiger partial charge in [0, 0.05) is 13.1 Å². The van der Waals surface area contributed by atoms with Crippen molar-refractivity contribution in [2.45, 2.75) is 33.7 Å². The van der Waals surface area contributed by atoms with Gasteiger partial charge in [0.25, 0.3) is 5.91 Å². The summed E-state index contributed by atoms with van der Waals surface area (Å²) in [6, 6.07) is 0. The topological polar surface area (TPSA) is 46.9 Å². The van der Waals surface area contributed by atoms with Crippen LogP contribution in [0.5, 0.6) is 0 Å². The molecule has 4 nitrogen and oxygen atoms in total. The Bertz CT molecular complexity index is 360. The molecule has 84 valence electrons. The van der Waals surface area contributed by atoms with Crippen molar-refractivity contribution in [3.8, 4) is 0 Å². The maximum absolute atomic E-state index is 11.8. The predicted octanol–water partition coefficient (Wildman–Crippen LogP) is 2.00. The Morgan fingerprint density at radius 3 is 2.73 bits per heavy atom. The summed E-state index contributed by atoms with van der Waals surface area (Å²) < 4.78 is 1.63. The Hall–Kier alpha value is -1.03. The summed E-state index contributed by atoms with van der Waals surface area (Å²) in [7, 11) is 0. The van der Waals surface area contributed by atoms with E-state index in [4.69, 9.17) is 11.6 Å². The van der Waals surface area contributed by atoms with E-state index in [0.29, 0.717) is 29.5 Å². The molecular weight excluding hydrogens is 214 g/mol. The van der Waals surface area contributed by atoms with E-state index in [2.05, 4.69) is 10.4 Å². The molecule has 0 radical (unpaired) electrons. The Kier molecular flexibility index (Phi) is 4.15. The molecule has 1 rings (SSSR count). The quantitative estimate of drug-likeness (QED) is 0.859. The number of aryl methyl sites for hydroxylation is 2. The van der Waals surface area contributed by atoms with Crippen LogP contribution in [0.3, 0.4) is 0 Å². The van der Waals surface area contributed by atoms with Crippen molar-refractivity contribution >= 4 is 17.5 Å². The number of hydrogen-bond donors (Lipinski definition) is 1. The standard InChI is InChI=1S/C10H16ClN3O/c1-4-6-12-10(15)9-8(11)7(3)13-14(9)5-2/h4-6H2,1-3H3,(H,12,15). The van der Waals surface area contributed by atoms with Crippen LogP contribution in [0.25, 0.3) is 0 Å². The first kappa shape index (κ1) is 12.0. The van der Waals surface area contributed by atoms with Gasteiger partial charge < -0.3 is 5.32 Å². The van der Waals surface area contributed by atoms with Gasteiger partial charge in [0.05, 0.1) is 10.7 Å². The van der Waals surface area contributed by atoms with Gasteiger partial charge in [-0.05, 0) is 20.3 Å². The molecule has 1 heterocycles. The zero-order valence-corrected chi connectivity index (χ0v) is 10.1. The second-order valence-corrected chi connectivity index (χ2v) is 3.70. The minimum Gasteiger partial charge on any atom is -0.351 e. The molecule has 0 aliphatic heterocycles. The summed E-state index contributed by atoms with van der Waals surface area (Å²) >= 11 is 6.02. The third-order valence-electron chi connectivity index (χ3n) is 2.10. The molecule has 0 aromatic carbocycles. The molecule has 0 spiro atoms. The van der Waals surface area contributed by atoms with Gasteiger partial charge in [-0.25, -0.2) is 0 Å². The van der Waals surface area contributed by atoms with E-state index < -0.39 is 0 Å². The normalized spacial score (nSPS) is 10.4. The summed E-state index contributed by atoms with van der Waals surface area (Å²) in [6.45, 7) is 7.03. The summed E-state index contributed by atoms with van der Waals surface area (Å²) in [6.07, 6.45) is 0.905. The second-order valence-electron chi connectivity index (χ2n) is 3.32. The first-order valence-corrected chi connectivity index (χ1v) is 5.50. The van der Waals surface area contributed by atoms with Gasteiger partial charge in [0.1, 0.15) is 5.69 Å². The van der Waals surface area contributed by atoms with Crippen molar-refractivity contribution in [1.82, 2.24) is 15.1 Å². The number of nitrogens with one attached hydrogen (secondary N) is 1. The number of amides is 1. The van der Waals surface area contributed by atoms with E-state index in [-0.39, 0.29) is 5.91 Å². The fraction of sp³-hybridized carbons (Fsp3) is 0.600. The summed E-state index contributed by atoms with van der Waals surface area (Å²) in [4.78, 5) is 11.8. The third-order valence-corrected chi connectivity index (χ3v) is 2.56. The molecule has 1 amide bonds. The number of carbonyl (C=O) groups excluding carboxylic acids is 1. The largest absolute Gasteiger partial charge is 0.351 e. The molecule has 0 saturated carbocycles. The molecule has 0 saturated heterocycles. The zero-order valence-electron chi connectivity index (χ0n) is 9.30. The fourth-order valence-corrected chi connectivity index (χ4v) is 1.55. The summed E-state index contributed by atoms with van der Waals surface area (Å²) in [5.41, 5.74) is 1.16. The predicted molar refractivity (Wildman–Crippen MR) is 60.3 cm³/mol. The highest BCUT2D eigenvalue weighted by atomic mass is 35.5. The van der Waals surface area contributed by atoms with Gasteiger partial charge in [-0.15, -0.1) is 0 Å². The van der Waals surface area contributed by atoms with E-state index in [0.717, 1.165) is 6.42 Å². The van der Waals surface area contributed by atoms with E-state index in [1.807, 2.05) is 13.8 Å². The molecule has 0 bridgehead atoms. The maximum atomic E-state index is 11.8. The molecule has 1 N–H and O–H groups in total. The van der Waals surface area contributed by atoms with Crippen LogP contribution in [0.2, 0.25) is 5.02 Å². The van der Waals surface area contributed by atoms with Gasteiger partial charge in [0.2, 0.25) is 0 Å². The van der Waals surface area contributed by atoms with Crippen LogP contribution in [0.4, 0.5) is 0 Å². The highest BCUT2D eigenvalue weighted by molar-refractivity contribution is 6.34. The average Bonchev–Trinajstić information content (AvgIpc) is 2.51. The number of halogens is 1. The molecule has 5 heteroatoms. The van der Waals surface area contributed by atoms with Crippen LogP contribution in [0.15, 0.2) is 0 Å². The van der Waals surface area contributed by atoms with Crippen molar-refractivity contribution in [3.05, 3.63) is 16.4 Å². The van der Waals surface area contributed by atoms with Gasteiger partial charge in [-0.3, -0.25) is 9.48 Å². The molecule has 0 fully saturated rings. The monoisotopic (exact) mass is 229 g/mol. The molecule has 0 atom stereocenters. The first-order chi connectivity index (χ1) is 7.11. The summed E-state index contributed by atoms with van der Waals surface area (Å²) in [5.74, 6) is -0.149. The molecular formula is C10H16ClN3O. The first-order valence-electron chi connectivity index (χ1n) is 5.12. The van der Waals surface area contributed by atoms with Gasteiger partial charge in [0.15, 0.2) is 0 Å². The minimum atomic E-state index is -0.149. The van der Waals surface area contributed by atoms with Crippen LogP contribution in [0.1, 0.15) is 36.5 Å². The average molecular weight is 230 g/mol. The number of rotatable bonds is 4.